The van der Waals surface area contributed by atoms with Crippen molar-refractivity contribution in [2.45, 2.75) is 19.9 Å². The summed E-state index contributed by atoms with van der Waals surface area (Å²) in [4.78, 5) is 19.1. The molecule has 1 amide bonds. The highest BCUT2D eigenvalue weighted by Gasteiger charge is 2.29. The number of aryl methyl sites for hydroxylation is 1. The quantitative estimate of drug-likeness (QED) is 0.714. The van der Waals surface area contributed by atoms with Crippen molar-refractivity contribution in [1.29, 1.82) is 0 Å². The minimum absolute atomic E-state index is 0.000750. The van der Waals surface area contributed by atoms with E-state index in [-0.39, 0.29) is 5.91 Å². The van der Waals surface area contributed by atoms with Crippen LogP contribution < -0.4 is 0 Å². The van der Waals surface area contributed by atoms with E-state index in [9.17, 15) is 4.79 Å². The highest BCUT2D eigenvalue weighted by molar-refractivity contribution is 5.99. The molecule has 1 aliphatic rings. The van der Waals surface area contributed by atoms with Gasteiger partial charge in [0.1, 0.15) is 5.56 Å². The summed E-state index contributed by atoms with van der Waals surface area (Å²) in [5.41, 5.74) is 2.06. The molecule has 1 fully saturated rings. The molecule has 1 atom stereocenters. The van der Waals surface area contributed by atoms with E-state index in [1.165, 1.54) is 0 Å². The lowest BCUT2D eigenvalue weighted by molar-refractivity contribution is 0.0787. The largest absolute Gasteiger partial charge is 0.338 e. The molecule has 4 heterocycles. The second-order valence-electron chi connectivity index (χ2n) is 5.93. The van der Waals surface area contributed by atoms with Gasteiger partial charge in [0.05, 0.1) is 12.4 Å². The molecule has 118 valence electrons. The SMILES string of the molecule is Cc1ccn2ncc(C(=O)N3CCC(Cn4ccnn4)C3)c2n1. The molecule has 0 aliphatic carbocycles. The Kier molecular flexibility index (Phi) is 3.29. The van der Waals surface area contributed by atoms with E-state index in [4.69, 9.17) is 0 Å². The Morgan fingerprint density at radius 3 is 3.13 bits per heavy atom. The maximum atomic E-state index is 12.8. The minimum Gasteiger partial charge on any atom is -0.338 e. The van der Waals surface area contributed by atoms with Crippen LogP contribution in [0.15, 0.2) is 30.9 Å². The summed E-state index contributed by atoms with van der Waals surface area (Å²) in [7, 11) is 0. The zero-order chi connectivity index (χ0) is 15.8. The summed E-state index contributed by atoms with van der Waals surface area (Å²) in [6.45, 7) is 4.17. The first-order valence-corrected chi connectivity index (χ1v) is 7.65. The molecule has 1 saturated heterocycles. The number of carbonyl (C=O) groups is 1. The number of aromatic nitrogens is 6. The van der Waals surface area contributed by atoms with Crippen molar-refractivity contribution in [2.24, 2.45) is 5.92 Å². The van der Waals surface area contributed by atoms with Crippen LogP contribution in [0.3, 0.4) is 0 Å². The summed E-state index contributed by atoms with van der Waals surface area (Å²) < 4.78 is 3.46. The molecular weight excluding hydrogens is 294 g/mol. The van der Waals surface area contributed by atoms with Crippen molar-refractivity contribution in [2.75, 3.05) is 13.1 Å². The van der Waals surface area contributed by atoms with Gasteiger partial charge in [0.15, 0.2) is 5.65 Å². The van der Waals surface area contributed by atoms with Crippen LogP contribution in [0.2, 0.25) is 0 Å². The van der Waals surface area contributed by atoms with Crippen LogP contribution in [0.4, 0.5) is 0 Å². The van der Waals surface area contributed by atoms with Crippen LogP contribution in [0, 0.1) is 12.8 Å². The highest BCUT2D eigenvalue weighted by Crippen LogP contribution is 2.21. The van der Waals surface area contributed by atoms with E-state index in [1.54, 1.807) is 16.9 Å². The van der Waals surface area contributed by atoms with Gasteiger partial charge in [0.25, 0.3) is 5.91 Å². The third-order valence-corrected chi connectivity index (χ3v) is 4.23. The van der Waals surface area contributed by atoms with E-state index in [0.717, 1.165) is 31.7 Å². The second-order valence-corrected chi connectivity index (χ2v) is 5.93. The Morgan fingerprint density at radius 2 is 2.30 bits per heavy atom. The number of carbonyl (C=O) groups excluding carboxylic acids is 1. The number of rotatable bonds is 3. The molecular formula is C15H17N7O. The molecule has 0 N–H and O–H groups in total. The molecule has 0 saturated carbocycles. The molecule has 4 rings (SSSR count). The molecule has 8 nitrogen and oxygen atoms in total. The fraction of sp³-hybridized carbons (Fsp3) is 0.400. The van der Waals surface area contributed by atoms with E-state index in [2.05, 4.69) is 20.4 Å². The van der Waals surface area contributed by atoms with E-state index >= 15 is 0 Å². The van der Waals surface area contributed by atoms with Gasteiger partial charge in [-0.2, -0.15) is 5.10 Å². The fourth-order valence-electron chi connectivity index (χ4n) is 3.04. The number of hydrogen-bond acceptors (Lipinski definition) is 5. The molecule has 1 unspecified atom stereocenters. The van der Waals surface area contributed by atoms with E-state index < -0.39 is 0 Å². The third-order valence-electron chi connectivity index (χ3n) is 4.23. The number of hydrogen-bond donors (Lipinski definition) is 0. The van der Waals surface area contributed by atoms with Gasteiger partial charge in [0, 0.05) is 37.7 Å². The summed E-state index contributed by atoms with van der Waals surface area (Å²) >= 11 is 0. The number of likely N-dealkylation sites (tertiary alicyclic amines) is 1. The van der Waals surface area contributed by atoms with Crippen LogP contribution >= 0.6 is 0 Å². The lowest BCUT2D eigenvalue weighted by Gasteiger charge is -2.15. The number of fused-ring (bicyclic) bond motifs is 1. The van der Waals surface area contributed by atoms with Gasteiger partial charge in [-0.15, -0.1) is 5.10 Å². The Bertz CT molecular complexity index is 839. The average Bonchev–Trinajstić information content (AvgIpc) is 3.27. The Labute approximate surface area is 132 Å². The zero-order valence-corrected chi connectivity index (χ0v) is 12.8. The Morgan fingerprint density at radius 1 is 1.39 bits per heavy atom. The predicted octanol–water partition coefficient (Wildman–Crippen LogP) is 0.792. The van der Waals surface area contributed by atoms with Gasteiger partial charge in [-0.1, -0.05) is 5.21 Å². The van der Waals surface area contributed by atoms with Crippen LogP contribution in [0.5, 0.6) is 0 Å². The maximum absolute atomic E-state index is 12.8. The topological polar surface area (TPSA) is 81.2 Å². The lowest BCUT2D eigenvalue weighted by atomic mass is 10.1. The molecule has 0 radical (unpaired) electrons. The van der Waals surface area contributed by atoms with Gasteiger partial charge in [0.2, 0.25) is 0 Å². The first-order valence-electron chi connectivity index (χ1n) is 7.65. The van der Waals surface area contributed by atoms with Crippen LogP contribution in [0.25, 0.3) is 5.65 Å². The van der Waals surface area contributed by atoms with Crippen molar-refractivity contribution < 1.29 is 4.79 Å². The number of amides is 1. The van der Waals surface area contributed by atoms with Crippen LogP contribution in [0.1, 0.15) is 22.5 Å². The van der Waals surface area contributed by atoms with Crippen molar-refractivity contribution in [3.63, 3.8) is 0 Å². The summed E-state index contributed by atoms with van der Waals surface area (Å²) in [6, 6.07) is 1.87. The first-order chi connectivity index (χ1) is 11.2. The predicted molar refractivity (Wildman–Crippen MR) is 81.8 cm³/mol. The lowest BCUT2D eigenvalue weighted by Crippen LogP contribution is -2.29. The van der Waals surface area contributed by atoms with Crippen molar-refractivity contribution in [3.05, 3.63) is 42.1 Å². The minimum atomic E-state index is -0.000750. The van der Waals surface area contributed by atoms with Crippen LogP contribution in [-0.4, -0.2) is 53.5 Å². The molecule has 3 aromatic heterocycles. The normalized spacial score (nSPS) is 18.0. The molecule has 0 aromatic carbocycles. The molecule has 0 bridgehead atoms. The summed E-state index contributed by atoms with van der Waals surface area (Å²) in [5.74, 6) is 0.399. The molecule has 3 aromatic rings. The van der Waals surface area contributed by atoms with Gasteiger partial charge >= 0.3 is 0 Å². The van der Waals surface area contributed by atoms with Crippen molar-refractivity contribution in [3.8, 4) is 0 Å². The molecule has 0 spiro atoms. The molecule has 1 aliphatic heterocycles. The zero-order valence-electron chi connectivity index (χ0n) is 12.8. The number of nitrogens with zero attached hydrogens (tertiary/aromatic N) is 7. The average molecular weight is 311 g/mol. The maximum Gasteiger partial charge on any atom is 0.259 e. The Balaban J connectivity index is 1.51. The highest BCUT2D eigenvalue weighted by atomic mass is 16.2. The molecule has 8 heteroatoms. The van der Waals surface area contributed by atoms with Crippen molar-refractivity contribution in [1.82, 2.24) is 34.5 Å². The molecule has 23 heavy (non-hydrogen) atoms. The van der Waals surface area contributed by atoms with E-state index in [0.29, 0.717) is 17.1 Å². The third kappa shape index (κ3) is 2.56. The van der Waals surface area contributed by atoms with Gasteiger partial charge in [-0.3, -0.25) is 9.48 Å². The summed E-state index contributed by atoms with van der Waals surface area (Å²) in [5, 5.41) is 12.0. The standard InChI is InChI=1S/C15H17N7O/c1-11-2-6-22-14(18-11)13(8-17-22)15(23)20-5-3-12(9-20)10-21-7-4-16-19-21/h2,4,6-8,12H,3,5,9-10H2,1H3. The van der Waals surface area contributed by atoms with Gasteiger partial charge in [-0.05, 0) is 25.3 Å². The van der Waals surface area contributed by atoms with Crippen LogP contribution in [-0.2, 0) is 6.54 Å². The van der Waals surface area contributed by atoms with Gasteiger partial charge < -0.3 is 4.90 Å². The second kappa shape index (κ2) is 5.45. The smallest absolute Gasteiger partial charge is 0.259 e. The van der Waals surface area contributed by atoms with Crippen molar-refractivity contribution >= 4 is 11.6 Å². The first kappa shape index (κ1) is 13.9. The monoisotopic (exact) mass is 311 g/mol. The summed E-state index contributed by atoms with van der Waals surface area (Å²) in [6.07, 6.45) is 7.92. The van der Waals surface area contributed by atoms with E-state index in [1.807, 2.05) is 35.0 Å². The Hall–Kier alpha value is -2.77. The fourth-order valence-corrected chi connectivity index (χ4v) is 3.04. The van der Waals surface area contributed by atoms with Gasteiger partial charge in [-0.25, -0.2) is 9.50 Å².